The average Bonchev–Trinajstić information content (AvgIpc) is 2.35. The second-order valence-electron chi connectivity index (χ2n) is 2.64. The molecular weight excluding hydrogens is 240 g/mol. The summed E-state index contributed by atoms with van der Waals surface area (Å²) in [5.41, 5.74) is 0.0271. The molecule has 0 saturated heterocycles. The Labute approximate surface area is 105 Å². The maximum absolute atomic E-state index is 10.8. The van der Waals surface area contributed by atoms with Gasteiger partial charge in [0.2, 0.25) is 0 Å². The highest BCUT2D eigenvalue weighted by molar-refractivity contribution is 5.93. The molecule has 0 aromatic rings. The largest absolute Gasteiger partial charge is 0.478 e. The van der Waals surface area contributed by atoms with E-state index < -0.39 is 17.9 Å². The Morgan fingerprint density at radius 3 is 2.11 bits per heavy atom. The number of esters is 2. The van der Waals surface area contributed by atoms with E-state index in [2.05, 4.69) is 22.6 Å². The summed E-state index contributed by atoms with van der Waals surface area (Å²) in [6.45, 7) is 8.39. The van der Waals surface area contributed by atoms with Gasteiger partial charge in [-0.15, -0.1) is 0 Å². The van der Waals surface area contributed by atoms with Crippen LogP contribution >= 0.6 is 0 Å². The maximum Gasteiger partial charge on any atom is 0.337 e. The molecule has 0 aromatic heterocycles. The van der Waals surface area contributed by atoms with Crippen LogP contribution in [-0.2, 0) is 23.9 Å². The van der Waals surface area contributed by atoms with Gasteiger partial charge in [0, 0.05) is 12.2 Å². The van der Waals surface area contributed by atoms with Crippen molar-refractivity contribution in [1.82, 2.24) is 0 Å². The van der Waals surface area contributed by atoms with Crippen LogP contribution < -0.4 is 0 Å². The van der Waals surface area contributed by atoms with Gasteiger partial charge in [-0.25, -0.2) is 14.4 Å². The zero-order chi connectivity index (χ0) is 14.6. The lowest BCUT2D eigenvalue weighted by Gasteiger charge is -1.98. The highest BCUT2D eigenvalue weighted by atomic mass is 16.5. The molecule has 1 N–H and O–H groups in total. The first-order valence-corrected chi connectivity index (χ1v) is 4.86. The topological polar surface area (TPSA) is 89.9 Å². The molecule has 0 rings (SSSR count). The molecule has 0 radical (unpaired) electrons. The molecule has 0 atom stereocenters. The second kappa shape index (κ2) is 11.1. The van der Waals surface area contributed by atoms with Crippen molar-refractivity contribution in [3.8, 4) is 0 Å². The Hall–Kier alpha value is -2.37. The van der Waals surface area contributed by atoms with Gasteiger partial charge in [0.1, 0.15) is 0 Å². The second-order valence-corrected chi connectivity index (χ2v) is 2.64. The predicted molar refractivity (Wildman–Crippen MR) is 64.8 cm³/mol. The third kappa shape index (κ3) is 11.7. The van der Waals surface area contributed by atoms with Crippen LogP contribution in [0.1, 0.15) is 6.92 Å². The molecule has 0 aliphatic carbocycles. The molecule has 6 heteroatoms. The number of ether oxygens (including phenoxy) is 2. The summed E-state index contributed by atoms with van der Waals surface area (Å²) in [7, 11) is 1.31. The zero-order valence-electron chi connectivity index (χ0n) is 10.3. The SMILES string of the molecule is C=C(C=CC(=O)O)C(=O)OCC.C=CC(=O)OC. The number of carbonyl (C=O) groups is 3. The summed E-state index contributed by atoms with van der Waals surface area (Å²) in [5, 5.41) is 8.19. The molecule has 6 nitrogen and oxygen atoms in total. The van der Waals surface area contributed by atoms with Gasteiger partial charge in [0.25, 0.3) is 0 Å². The van der Waals surface area contributed by atoms with Crippen LogP contribution in [0.4, 0.5) is 0 Å². The van der Waals surface area contributed by atoms with E-state index in [-0.39, 0.29) is 12.2 Å². The van der Waals surface area contributed by atoms with Gasteiger partial charge in [0.15, 0.2) is 0 Å². The molecule has 0 saturated carbocycles. The summed E-state index contributed by atoms with van der Waals surface area (Å²) >= 11 is 0. The van der Waals surface area contributed by atoms with E-state index in [4.69, 9.17) is 5.11 Å². The van der Waals surface area contributed by atoms with E-state index in [9.17, 15) is 14.4 Å². The Balaban J connectivity index is 0. The number of carboxylic acid groups (broad SMARTS) is 1. The van der Waals surface area contributed by atoms with Crippen molar-refractivity contribution >= 4 is 17.9 Å². The lowest BCUT2D eigenvalue weighted by atomic mass is 10.3. The minimum atomic E-state index is -1.12. The molecule has 0 fully saturated rings. The highest BCUT2D eigenvalue weighted by Crippen LogP contribution is 1.96. The van der Waals surface area contributed by atoms with Crippen LogP contribution in [0, 0.1) is 0 Å². The van der Waals surface area contributed by atoms with E-state index in [1.54, 1.807) is 6.92 Å². The Morgan fingerprint density at radius 2 is 1.83 bits per heavy atom. The van der Waals surface area contributed by atoms with Gasteiger partial charge in [-0.3, -0.25) is 0 Å². The minimum Gasteiger partial charge on any atom is -0.478 e. The fourth-order valence-corrected chi connectivity index (χ4v) is 0.547. The third-order valence-electron chi connectivity index (χ3n) is 1.33. The molecular formula is C12H16O6. The van der Waals surface area contributed by atoms with Gasteiger partial charge in [-0.05, 0) is 13.0 Å². The van der Waals surface area contributed by atoms with Gasteiger partial charge in [0.05, 0.1) is 19.3 Å². The first-order chi connectivity index (χ1) is 8.38. The molecule has 0 bridgehead atoms. The quantitative estimate of drug-likeness (QED) is 0.450. The van der Waals surface area contributed by atoms with Crippen molar-refractivity contribution in [1.29, 1.82) is 0 Å². The maximum atomic E-state index is 10.8. The van der Waals surface area contributed by atoms with Crippen LogP contribution in [-0.4, -0.2) is 36.7 Å². The first kappa shape index (κ1) is 18.0. The molecule has 0 amide bonds. The smallest absolute Gasteiger partial charge is 0.337 e. The summed E-state index contributed by atoms with van der Waals surface area (Å²) in [6.07, 6.45) is 3.04. The van der Waals surface area contributed by atoms with Crippen LogP contribution in [0.5, 0.6) is 0 Å². The molecule has 0 aliphatic heterocycles. The van der Waals surface area contributed by atoms with Crippen molar-refractivity contribution in [2.24, 2.45) is 0 Å². The fourth-order valence-electron chi connectivity index (χ4n) is 0.547. The van der Waals surface area contributed by atoms with E-state index in [1.807, 2.05) is 0 Å². The van der Waals surface area contributed by atoms with Gasteiger partial charge in [-0.2, -0.15) is 0 Å². The summed E-state index contributed by atoms with van der Waals surface area (Å²) < 4.78 is 8.70. The summed E-state index contributed by atoms with van der Waals surface area (Å²) in [4.78, 5) is 30.6. The molecule has 100 valence electrons. The molecule has 0 aromatic carbocycles. The van der Waals surface area contributed by atoms with E-state index in [0.717, 1.165) is 18.2 Å². The summed E-state index contributed by atoms with van der Waals surface area (Å²) in [6, 6.07) is 0. The van der Waals surface area contributed by atoms with Crippen LogP contribution in [0.15, 0.2) is 37.0 Å². The molecule has 0 heterocycles. The molecule has 0 spiro atoms. The van der Waals surface area contributed by atoms with Crippen molar-refractivity contribution in [2.75, 3.05) is 13.7 Å². The van der Waals surface area contributed by atoms with Crippen molar-refractivity contribution in [3.05, 3.63) is 37.0 Å². The molecule has 0 aliphatic rings. The highest BCUT2D eigenvalue weighted by Gasteiger charge is 2.03. The van der Waals surface area contributed by atoms with E-state index in [0.29, 0.717) is 0 Å². The van der Waals surface area contributed by atoms with Crippen molar-refractivity contribution in [2.45, 2.75) is 6.92 Å². The first-order valence-electron chi connectivity index (χ1n) is 4.86. The number of rotatable bonds is 5. The van der Waals surface area contributed by atoms with E-state index in [1.165, 1.54) is 7.11 Å². The number of hydrogen-bond donors (Lipinski definition) is 1. The Kier molecular flexibility index (Phi) is 11.1. The number of methoxy groups -OCH3 is 1. The molecule has 0 unspecified atom stereocenters. The Bertz CT molecular complexity index is 354. The van der Waals surface area contributed by atoms with Crippen LogP contribution in [0.3, 0.4) is 0 Å². The van der Waals surface area contributed by atoms with Crippen molar-refractivity contribution in [3.63, 3.8) is 0 Å². The number of carbonyl (C=O) groups excluding carboxylic acids is 2. The summed E-state index contributed by atoms with van der Waals surface area (Å²) in [5.74, 6) is -2.12. The predicted octanol–water partition coefficient (Wildman–Crippen LogP) is 1.09. The Morgan fingerprint density at radius 1 is 1.28 bits per heavy atom. The normalized spacial score (nSPS) is 8.78. The van der Waals surface area contributed by atoms with Gasteiger partial charge < -0.3 is 14.6 Å². The standard InChI is InChI=1S/C8H10O4.C4H6O2/c1-3-12-8(11)6(2)4-5-7(9)10;1-3-4(5)6-2/h4-5H,2-3H2,1H3,(H,9,10);3H,1H2,2H3. The van der Waals surface area contributed by atoms with Crippen molar-refractivity contribution < 1.29 is 29.0 Å². The lowest BCUT2D eigenvalue weighted by molar-refractivity contribution is -0.138. The molecule has 18 heavy (non-hydrogen) atoms. The number of aliphatic carboxylic acids is 1. The van der Waals surface area contributed by atoms with Crippen LogP contribution in [0.2, 0.25) is 0 Å². The fraction of sp³-hybridized carbons (Fsp3) is 0.250. The average molecular weight is 256 g/mol. The number of carboxylic acids is 1. The van der Waals surface area contributed by atoms with Gasteiger partial charge >= 0.3 is 17.9 Å². The third-order valence-corrected chi connectivity index (χ3v) is 1.33. The minimum absolute atomic E-state index is 0.0271. The van der Waals surface area contributed by atoms with Crippen LogP contribution in [0.25, 0.3) is 0 Å². The van der Waals surface area contributed by atoms with E-state index >= 15 is 0 Å². The zero-order valence-corrected chi connectivity index (χ0v) is 10.3. The monoisotopic (exact) mass is 256 g/mol. The number of hydrogen-bond acceptors (Lipinski definition) is 5. The lowest BCUT2D eigenvalue weighted by Crippen LogP contribution is -2.05. The van der Waals surface area contributed by atoms with Gasteiger partial charge in [-0.1, -0.05) is 13.2 Å².